The molecule has 130 valence electrons. The number of hydrogen-bond donors (Lipinski definition) is 1. The van der Waals surface area contributed by atoms with Crippen LogP contribution in [0.25, 0.3) is 5.65 Å². The maximum absolute atomic E-state index is 12.4. The number of benzene rings is 1. The molecule has 1 unspecified atom stereocenters. The monoisotopic (exact) mass is 357 g/mol. The number of fused-ring (bicyclic) bond motifs is 1. The Morgan fingerprint density at radius 3 is 2.60 bits per heavy atom. The van der Waals surface area contributed by atoms with Crippen molar-refractivity contribution >= 4 is 21.9 Å². The van der Waals surface area contributed by atoms with E-state index in [4.69, 9.17) is 0 Å². The quantitative estimate of drug-likeness (QED) is 0.721. The van der Waals surface area contributed by atoms with Gasteiger partial charge in [-0.15, -0.1) is 4.72 Å². The van der Waals surface area contributed by atoms with Gasteiger partial charge in [0.05, 0.1) is 12.2 Å². The van der Waals surface area contributed by atoms with Gasteiger partial charge in [-0.3, -0.25) is 0 Å². The summed E-state index contributed by atoms with van der Waals surface area (Å²) in [6.45, 7) is 1.53. The maximum atomic E-state index is 12.4. The van der Waals surface area contributed by atoms with Crippen molar-refractivity contribution < 1.29 is 8.76 Å². The normalized spacial score (nSPS) is 18.4. The number of rotatable bonds is 4. The summed E-state index contributed by atoms with van der Waals surface area (Å²) in [5, 5.41) is 4.31. The average molecular weight is 357 g/mol. The van der Waals surface area contributed by atoms with Gasteiger partial charge in [0.25, 0.3) is 0 Å². The van der Waals surface area contributed by atoms with Crippen LogP contribution in [0.3, 0.4) is 0 Å². The Kier molecular flexibility index (Phi) is 4.24. The van der Waals surface area contributed by atoms with Crippen molar-refractivity contribution in [2.24, 2.45) is 0 Å². The first kappa shape index (κ1) is 16.2. The molecule has 0 amide bonds. The van der Waals surface area contributed by atoms with Crippen LogP contribution in [0.15, 0.2) is 59.8 Å². The Morgan fingerprint density at radius 2 is 1.84 bits per heavy atom. The fourth-order valence-electron chi connectivity index (χ4n) is 3.17. The van der Waals surface area contributed by atoms with Gasteiger partial charge in [0.2, 0.25) is 0 Å². The van der Waals surface area contributed by atoms with Crippen LogP contribution in [0.1, 0.15) is 12.8 Å². The standard InChI is InChI=1S/C17H19N5O2S/c23-25(24,15-4-2-1-3-5-15)20-14-8-12-21(13-9-14)17-7-10-18-16-6-11-19-22(16)17/h1-7,10-11,14H,8-9,12-13H2,(H-,20,23,24). The summed E-state index contributed by atoms with van der Waals surface area (Å²) >= 11 is 0. The molecule has 7 nitrogen and oxygen atoms in total. The molecule has 1 aliphatic heterocycles. The molecule has 25 heavy (non-hydrogen) atoms. The molecule has 3 heterocycles. The minimum absolute atomic E-state index is 0.0589. The van der Waals surface area contributed by atoms with E-state index in [1.807, 2.05) is 22.7 Å². The highest BCUT2D eigenvalue weighted by atomic mass is 32.3. The van der Waals surface area contributed by atoms with Gasteiger partial charge in [0, 0.05) is 25.4 Å². The number of aromatic nitrogens is 3. The first-order chi connectivity index (χ1) is 12.1. The molecule has 0 saturated carbocycles. The Morgan fingerprint density at radius 1 is 1.08 bits per heavy atom. The molecular weight excluding hydrogens is 338 g/mol. The second-order valence-electron chi connectivity index (χ2n) is 6.10. The first-order valence-electron chi connectivity index (χ1n) is 8.24. The van der Waals surface area contributed by atoms with Crippen LogP contribution in [0, 0.1) is 0 Å². The SMILES string of the molecule is O=[S+]([O-])(NC1CCN(c2ccnc3ccnn23)CC1)c1ccccc1. The van der Waals surface area contributed by atoms with E-state index in [0.717, 1.165) is 37.4 Å². The third kappa shape index (κ3) is 3.28. The summed E-state index contributed by atoms with van der Waals surface area (Å²) in [4.78, 5) is 6.80. The van der Waals surface area contributed by atoms with E-state index in [1.54, 1.807) is 36.7 Å². The molecule has 1 atom stereocenters. The predicted octanol–water partition coefficient (Wildman–Crippen LogP) is 1.89. The number of piperidine rings is 1. The second kappa shape index (κ2) is 6.55. The zero-order chi connectivity index (χ0) is 17.3. The topological polar surface area (TPSA) is 85.6 Å². The zero-order valence-electron chi connectivity index (χ0n) is 13.6. The van der Waals surface area contributed by atoms with Gasteiger partial charge in [0.15, 0.2) is 20.9 Å². The van der Waals surface area contributed by atoms with E-state index >= 15 is 0 Å². The Labute approximate surface area is 147 Å². The lowest BCUT2D eigenvalue weighted by atomic mass is 10.1. The number of nitrogens with one attached hydrogen (secondary N) is 1. The van der Waals surface area contributed by atoms with Crippen molar-refractivity contribution in [2.75, 3.05) is 18.0 Å². The van der Waals surface area contributed by atoms with Gasteiger partial charge in [-0.1, -0.05) is 22.4 Å². The number of nitrogens with zero attached hydrogens (tertiary/aromatic N) is 4. The molecule has 4 rings (SSSR count). The smallest absolute Gasteiger partial charge is 0.175 e. The highest BCUT2D eigenvalue weighted by Crippen LogP contribution is 2.22. The third-order valence-corrected chi connectivity index (χ3v) is 6.00. The van der Waals surface area contributed by atoms with Crippen molar-refractivity contribution in [3.8, 4) is 0 Å². The number of anilines is 1. The van der Waals surface area contributed by atoms with Crippen LogP contribution in [0.2, 0.25) is 0 Å². The van der Waals surface area contributed by atoms with Crippen molar-refractivity contribution in [1.82, 2.24) is 19.3 Å². The van der Waals surface area contributed by atoms with Gasteiger partial charge in [0.1, 0.15) is 5.82 Å². The van der Waals surface area contributed by atoms with Gasteiger partial charge >= 0.3 is 0 Å². The van der Waals surface area contributed by atoms with Crippen molar-refractivity contribution in [1.29, 1.82) is 0 Å². The fraction of sp³-hybridized carbons (Fsp3) is 0.294. The average Bonchev–Trinajstić information content (AvgIpc) is 3.12. The first-order valence-corrected chi connectivity index (χ1v) is 9.73. The van der Waals surface area contributed by atoms with Crippen molar-refractivity contribution in [3.05, 3.63) is 54.9 Å². The molecule has 2 aromatic heterocycles. The summed E-state index contributed by atoms with van der Waals surface area (Å²) in [5.74, 6) is 0.986. The molecule has 1 N–H and O–H groups in total. The van der Waals surface area contributed by atoms with Gasteiger partial charge in [-0.25, -0.2) is 4.98 Å². The van der Waals surface area contributed by atoms with Crippen molar-refractivity contribution in [3.63, 3.8) is 0 Å². The predicted molar refractivity (Wildman–Crippen MR) is 94.9 cm³/mol. The highest BCUT2D eigenvalue weighted by Gasteiger charge is 2.28. The van der Waals surface area contributed by atoms with E-state index in [-0.39, 0.29) is 6.04 Å². The molecule has 0 spiro atoms. The largest absolute Gasteiger partial charge is 0.593 e. The molecule has 0 aliphatic carbocycles. The van der Waals surface area contributed by atoms with Gasteiger partial charge in [-0.05, 0) is 31.0 Å². The van der Waals surface area contributed by atoms with Crippen LogP contribution in [-0.4, -0.2) is 38.3 Å². The Balaban J connectivity index is 1.43. The number of sulfonamides is 1. The molecule has 0 radical (unpaired) electrons. The molecule has 0 bridgehead atoms. The molecule has 8 heteroatoms. The molecule has 1 saturated heterocycles. The Hall–Kier alpha value is -2.29. The maximum Gasteiger partial charge on any atom is 0.175 e. The Bertz CT molecular complexity index is 906. The fourth-order valence-corrected chi connectivity index (χ4v) is 4.50. The third-order valence-electron chi connectivity index (χ3n) is 4.46. The van der Waals surface area contributed by atoms with E-state index < -0.39 is 10.4 Å². The molecule has 1 aliphatic rings. The lowest BCUT2D eigenvalue weighted by molar-refractivity contribution is 0.417. The molecule has 3 aromatic rings. The van der Waals surface area contributed by atoms with E-state index in [1.165, 1.54) is 0 Å². The second-order valence-corrected chi connectivity index (χ2v) is 7.81. The minimum atomic E-state index is -3.46. The number of hydrogen-bond acceptors (Lipinski definition) is 5. The van der Waals surface area contributed by atoms with Crippen LogP contribution in [0.5, 0.6) is 0 Å². The summed E-state index contributed by atoms with van der Waals surface area (Å²) < 4.78 is 29.5. The lowest BCUT2D eigenvalue weighted by Crippen LogP contribution is -2.47. The molecular formula is C17H19N5O2S. The van der Waals surface area contributed by atoms with Crippen LogP contribution in [-0.2, 0) is 14.6 Å². The van der Waals surface area contributed by atoms with Crippen LogP contribution in [0.4, 0.5) is 5.82 Å². The van der Waals surface area contributed by atoms with E-state index in [2.05, 4.69) is 19.7 Å². The van der Waals surface area contributed by atoms with Crippen molar-refractivity contribution in [2.45, 2.75) is 23.8 Å². The zero-order valence-corrected chi connectivity index (χ0v) is 14.4. The van der Waals surface area contributed by atoms with Crippen LogP contribution >= 0.6 is 0 Å². The molecule has 1 fully saturated rings. The lowest BCUT2D eigenvalue weighted by Gasteiger charge is -2.34. The van der Waals surface area contributed by atoms with Crippen LogP contribution < -0.4 is 9.62 Å². The molecule has 1 aromatic carbocycles. The van der Waals surface area contributed by atoms with E-state index in [0.29, 0.717) is 4.90 Å². The summed E-state index contributed by atoms with van der Waals surface area (Å²) in [5.41, 5.74) is 0.810. The summed E-state index contributed by atoms with van der Waals surface area (Å²) in [6.07, 6.45) is 5.00. The summed E-state index contributed by atoms with van der Waals surface area (Å²) in [7, 11) is -3.46. The van der Waals surface area contributed by atoms with Gasteiger partial charge < -0.3 is 9.45 Å². The summed E-state index contributed by atoms with van der Waals surface area (Å²) in [6, 6.07) is 12.2. The minimum Gasteiger partial charge on any atom is -0.593 e. The van der Waals surface area contributed by atoms with E-state index in [9.17, 15) is 8.76 Å². The van der Waals surface area contributed by atoms with Gasteiger partial charge in [-0.2, -0.15) is 9.61 Å². The highest BCUT2D eigenvalue weighted by molar-refractivity contribution is 7.95.